The van der Waals surface area contributed by atoms with Crippen LogP contribution in [0.15, 0.2) is 0 Å². The van der Waals surface area contributed by atoms with Crippen molar-refractivity contribution in [3.8, 4) is 0 Å². The molecule has 0 atom stereocenters. The van der Waals surface area contributed by atoms with Gasteiger partial charge in [0.25, 0.3) is 0 Å². The van der Waals surface area contributed by atoms with Gasteiger partial charge in [-0.15, -0.1) is 0 Å². The van der Waals surface area contributed by atoms with E-state index in [9.17, 15) is 0 Å². The molecule has 1 aromatic heterocycles. The SMILES string of the molecule is Cc1nc2c(n1CCC(C)(C)C)CCCC2. The molecule has 90 valence electrons. The van der Waals surface area contributed by atoms with Crippen LogP contribution in [0.4, 0.5) is 0 Å². The molecule has 0 aromatic carbocycles. The molecule has 1 aliphatic carbocycles. The van der Waals surface area contributed by atoms with Crippen LogP contribution in [0.3, 0.4) is 0 Å². The van der Waals surface area contributed by atoms with Crippen molar-refractivity contribution >= 4 is 0 Å². The minimum atomic E-state index is 0.415. The summed E-state index contributed by atoms with van der Waals surface area (Å²) in [6.45, 7) is 10.2. The number of hydrogen-bond acceptors (Lipinski definition) is 1. The molecule has 1 aromatic rings. The maximum Gasteiger partial charge on any atom is 0.106 e. The summed E-state index contributed by atoms with van der Waals surface area (Å²) in [7, 11) is 0. The predicted octanol–water partition coefficient (Wildman–Crippen LogP) is 3.51. The van der Waals surface area contributed by atoms with Crippen molar-refractivity contribution in [2.24, 2.45) is 5.41 Å². The molecule has 0 saturated carbocycles. The summed E-state index contributed by atoms with van der Waals surface area (Å²) in [5.41, 5.74) is 3.31. The smallest absolute Gasteiger partial charge is 0.106 e. The van der Waals surface area contributed by atoms with Crippen molar-refractivity contribution in [2.45, 2.75) is 66.3 Å². The fraction of sp³-hybridized carbons (Fsp3) is 0.786. The minimum Gasteiger partial charge on any atom is -0.332 e. The van der Waals surface area contributed by atoms with Crippen LogP contribution in [0.1, 0.15) is 57.2 Å². The van der Waals surface area contributed by atoms with Gasteiger partial charge in [-0.25, -0.2) is 4.98 Å². The first-order valence-corrected chi connectivity index (χ1v) is 6.52. The van der Waals surface area contributed by atoms with E-state index in [1.165, 1.54) is 49.3 Å². The summed E-state index contributed by atoms with van der Waals surface area (Å²) in [5, 5.41) is 0. The lowest BCUT2D eigenvalue weighted by Gasteiger charge is -2.21. The minimum absolute atomic E-state index is 0.415. The molecule has 1 aliphatic rings. The van der Waals surface area contributed by atoms with Crippen molar-refractivity contribution < 1.29 is 0 Å². The lowest BCUT2D eigenvalue weighted by atomic mass is 9.92. The third kappa shape index (κ3) is 2.47. The Balaban J connectivity index is 2.17. The van der Waals surface area contributed by atoms with E-state index in [0.29, 0.717) is 5.41 Å². The molecule has 2 nitrogen and oxygen atoms in total. The van der Waals surface area contributed by atoms with Gasteiger partial charge in [0.05, 0.1) is 5.69 Å². The van der Waals surface area contributed by atoms with E-state index in [1.54, 1.807) is 0 Å². The number of fused-ring (bicyclic) bond motifs is 1. The molecule has 0 spiro atoms. The van der Waals surface area contributed by atoms with Crippen molar-refractivity contribution in [2.75, 3.05) is 0 Å². The first-order valence-electron chi connectivity index (χ1n) is 6.52. The van der Waals surface area contributed by atoms with E-state index in [-0.39, 0.29) is 0 Å². The van der Waals surface area contributed by atoms with Crippen molar-refractivity contribution in [3.63, 3.8) is 0 Å². The molecule has 0 saturated heterocycles. The molecule has 2 rings (SSSR count). The zero-order chi connectivity index (χ0) is 11.8. The molecule has 1 heterocycles. The van der Waals surface area contributed by atoms with Gasteiger partial charge >= 0.3 is 0 Å². The lowest BCUT2D eigenvalue weighted by molar-refractivity contribution is 0.345. The summed E-state index contributed by atoms with van der Waals surface area (Å²) in [6.07, 6.45) is 6.33. The highest BCUT2D eigenvalue weighted by molar-refractivity contribution is 5.19. The molecule has 0 bridgehead atoms. The maximum atomic E-state index is 4.71. The zero-order valence-corrected chi connectivity index (χ0v) is 11.1. The number of nitrogens with zero attached hydrogens (tertiary/aromatic N) is 2. The second-order valence-electron chi connectivity index (χ2n) is 6.22. The first kappa shape index (κ1) is 11.7. The summed E-state index contributed by atoms with van der Waals surface area (Å²) in [5.74, 6) is 1.22. The third-order valence-corrected chi connectivity index (χ3v) is 3.51. The van der Waals surface area contributed by atoms with Crippen molar-refractivity contribution in [1.29, 1.82) is 0 Å². The number of aryl methyl sites for hydroxylation is 2. The normalized spacial score (nSPS) is 16.2. The van der Waals surface area contributed by atoms with E-state index in [2.05, 4.69) is 32.3 Å². The Morgan fingerprint density at radius 2 is 1.88 bits per heavy atom. The van der Waals surface area contributed by atoms with Gasteiger partial charge in [-0.1, -0.05) is 20.8 Å². The van der Waals surface area contributed by atoms with Gasteiger partial charge in [0, 0.05) is 12.2 Å². The Morgan fingerprint density at radius 1 is 1.19 bits per heavy atom. The molecule has 2 heteroatoms. The van der Waals surface area contributed by atoms with Crippen LogP contribution in [-0.4, -0.2) is 9.55 Å². The molecule has 0 fully saturated rings. The first-order chi connectivity index (χ1) is 7.47. The average molecular weight is 220 g/mol. The van der Waals surface area contributed by atoms with E-state index >= 15 is 0 Å². The molecular weight excluding hydrogens is 196 g/mol. The van der Waals surface area contributed by atoms with Crippen LogP contribution in [0, 0.1) is 12.3 Å². The van der Waals surface area contributed by atoms with Crippen LogP contribution in [0.2, 0.25) is 0 Å². The summed E-state index contributed by atoms with van der Waals surface area (Å²) in [4.78, 5) is 4.71. The van der Waals surface area contributed by atoms with Crippen LogP contribution in [-0.2, 0) is 19.4 Å². The highest BCUT2D eigenvalue weighted by Crippen LogP contribution is 2.25. The Labute approximate surface area is 99.1 Å². The Morgan fingerprint density at radius 3 is 2.56 bits per heavy atom. The van der Waals surface area contributed by atoms with Crippen LogP contribution in [0.25, 0.3) is 0 Å². The van der Waals surface area contributed by atoms with Crippen LogP contribution in [0.5, 0.6) is 0 Å². The average Bonchev–Trinajstić information content (AvgIpc) is 2.49. The van der Waals surface area contributed by atoms with Gasteiger partial charge in [0.15, 0.2) is 0 Å². The molecular formula is C14H24N2. The molecule has 0 N–H and O–H groups in total. The quantitative estimate of drug-likeness (QED) is 0.746. The Bertz CT molecular complexity index is 369. The third-order valence-electron chi connectivity index (χ3n) is 3.51. The van der Waals surface area contributed by atoms with Gasteiger partial charge in [-0.2, -0.15) is 0 Å². The number of hydrogen-bond donors (Lipinski definition) is 0. The molecule has 0 amide bonds. The summed E-state index contributed by atoms with van der Waals surface area (Å²) in [6, 6.07) is 0. The lowest BCUT2D eigenvalue weighted by Crippen LogP contribution is -2.14. The number of rotatable bonds is 2. The van der Waals surface area contributed by atoms with Gasteiger partial charge in [-0.05, 0) is 44.4 Å². The molecule has 0 unspecified atom stereocenters. The van der Waals surface area contributed by atoms with Crippen LogP contribution < -0.4 is 0 Å². The number of aromatic nitrogens is 2. The van der Waals surface area contributed by atoms with Gasteiger partial charge in [0.1, 0.15) is 5.82 Å². The standard InChI is InChI=1S/C14H24N2/c1-11-15-12-7-5-6-8-13(12)16(11)10-9-14(2,3)4/h5-10H2,1-4H3. The number of imidazole rings is 1. The van der Waals surface area contributed by atoms with Gasteiger partial charge in [-0.3, -0.25) is 0 Å². The molecule has 16 heavy (non-hydrogen) atoms. The van der Waals surface area contributed by atoms with Gasteiger partial charge in [0.2, 0.25) is 0 Å². The fourth-order valence-electron chi connectivity index (χ4n) is 2.48. The summed E-state index contributed by atoms with van der Waals surface area (Å²) >= 11 is 0. The Hall–Kier alpha value is -0.790. The van der Waals surface area contributed by atoms with E-state index in [4.69, 9.17) is 4.98 Å². The monoisotopic (exact) mass is 220 g/mol. The topological polar surface area (TPSA) is 17.8 Å². The maximum absolute atomic E-state index is 4.71. The highest BCUT2D eigenvalue weighted by Gasteiger charge is 2.19. The largest absolute Gasteiger partial charge is 0.332 e. The zero-order valence-electron chi connectivity index (χ0n) is 11.1. The highest BCUT2D eigenvalue weighted by atomic mass is 15.1. The van der Waals surface area contributed by atoms with Crippen LogP contribution >= 0.6 is 0 Å². The van der Waals surface area contributed by atoms with E-state index in [1.807, 2.05) is 0 Å². The fourth-order valence-corrected chi connectivity index (χ4v) is 2.48. The summed E-state index contributed by atoms with van der Waals surface area (Å²) < 4.78 is 2.46. The molecule has 0 aliphatic heterocycles. The van der Waals surface area contributed by atoms with E-state index in [0.717, 1.165) is 6.54 Å². The predicted molar refractivity (Wildman–Crippen MR) is 67.7 cm³/mol. The Kier molecular flexibility index (Phi) is 3.09. The second-order valence-corrected chi connectivity index (χ2v) is 6.22. The van der Waals surface area contributed by atoms with E-state index < -0.39 is 0 Å². The second kappa shape index (κ2) is 4.23. The molecule has 0 radical (unpaired) electrons. The van der Waals surface area contributed by atoms with Crippen molar-refractivity contribution in [1.82, 2.24) is 9.55 Å². The van der Waals surface area contributed by atoms with Gasteiger partial charge < -0.3 is 4.57 Å². The van der Waals surface area contributed by atoms with Crippen molar-refractivity contribution in [3.05, 3.63) is 17.2 Å².